The summed E-state index contributed by atoms with van der Waals surface area (Å²) in [4.78, 5) is 10.9. The van der Waals surface area contributed by atoms with Crippen molar-refractivity contribution in [2.45, 2.75) is 6.92 Å². The molecule has 4 nitrogen and oxygen atoms in total. The molecule has 0 spiro atoms. The minimum absolute atomic E-state index is 0.211. The number of aromatic amines is 1. The molecule has 0 unspecified atom stereocenters. The largest absolute Gasteiger partial charge is 0.346 e. The first-order chi connectivity index (χ1) is 5.81. The van der Waals surface area contributed by atoms with Gasteiger partial charge in [-0.25, -0.2) is 9.97 Å². The molecule has 0 fully saturated rings. The van der Waals surface area contributed by atoms with Crippen molar-refractivity contribution in [3.8, 4) is 6.07 Å². The number of rotatable bonds is 0. The smallest absolute Gasteiger partial charge is 0.234 e. The Bertz CT molecular complexity index is 463. The quantitative estimate of drug-likeness (QED) is 0.625. The van der Waals surface area contributed by atoms with E-state index in [1.807, 2.05) is 19.1 Å². The van der Waals surface area contributed by atoms with Crippen molar-refractivity contribution >= 4 is 11.0 Å². The van der Waals surface area contributed by atoms with Gasteiger partial charge in [-0.15, -0.1) is 0 Å². The van der Waals surface area contributed by atoms with Crippen LogP contribution in [0.5, 0.6) is 0 Å². The second-order valence-corrected chi connectivity index (χ2v) is 2.48. The van der Waals surface area contributed by atoms with Gasteiger partial charge < -0.3 is 4.98 Å². The van der Waals surface area contributed by atoms with Crippen LogP contribution in [0.1, 0.15) is 11.5 Å². The van der Waals surface area contributed by atoms with Crippen LogP contribution in [0.3, 0.4) is 0 Å². The van der Waals surface area contributed by atoms with Crippen molar-refractivity contribution < 1.29 is 0 Å². The lowest BCUT2D eigenvalue weighted by Crippen LogP contribution is -1.92. The SMILES string of the molecule is Cc1nc(C#N)nc2[nH]ccc12. The molecule has 2 heterocycles. The van der Waals surface area contributed by atoms with E-state index in [2.05, 4.69) is 15.0 Å². The van der Waals surface area contributed by atoms with Gasteiger partial charge in [-0.05, 0) is 13.0 Å². The van der Waals surface area contributed by atoms with Crippen molar-refractivity contribution in [3.63, 3.8) is 0 Å². The normalized spacial score (nSPS) is 10.0. The van der Waals surface area contributed by atoms with Crippen LogP contribution < -0.4 is 0 Å². The molecule has 0 aliphatic heterocycles. The average Bonchev–Trinajstić information content (AvgIpc) is 2.52. The summed E-state index contributed by atoms with van der Waals surface area (Å²) >= 11 is 0. The predicted octanol–water partition coefficient (Wildman–Crippen LogP) is 1.14. The Morgan fingerprint density at radius 1 is 1.50 bits per heavy atom. The van der Waals surface area contributed by atoms with Gasteiger partial charge in [0, 0.05) is 11.6 Å². The fourth-order valence-electron chi connectivity index (χ4n) is 1.15. The van der Waals surface area contributed by atoms with Gasteiger partial charge in [-0.2, -0.15) is 5.26 Å². The van der Waals surface area contributed by atoms with Crippen molar-refractivity contribution in [1.82, 2.24) is 15.0 Å². The lowest BCUT2D eigenvalue weighted by Gasteiger charge is -1.93. The summed E-state index contributed by atoms with van der Waals surface area (Å²) in [7, 11) is 0. The maximum atomic E-state index is 8.57. The van der Waals surface area contributed by atoms with Gasteiger partial charge in [-0.3, -0.25) is 0 Å². The molecule has 1 N–H and O–H groups in total. The van der Waals surface area contributed by atoms with Gasteiger partial charge in [0.05, 0.1) is 5.69 Å². The van der Waals surface area contributed by atoms with Crippen molar-refractivity contribution in [2.24, 2.45) is 0 Å². The molecule has 0 aliphatic rings. The van der Waals surface area contributed by atoms with E-state index in [0.29, 0.717) is 0 Å². The van der Waals surface area contributed by atoms with Crippen molar-refractivity contribution in [2.75, 3.05) is 0 Å². The number of hydrogen-bond acceptors (Lipinski definition) is 3. The Morgan fingerprint density at radius 3 is 3.08 bits per heavy atom. The maximum absolute atomic E-state index is 8.57. The van der Waals surface area contributed by atoms with Crippen LogP contribution in [0.4, 0.5) is 0 Å². The van der Waals surface area contributed by atoms with Gasteiger partial charge in [0.15, 0.2) is 0 Å². The van der Waals surface area contributed by atoms with Crippen LogP contribution in [0, 0.1) is 18.3 Å². The molecule has 0 bridgehead atoms. The van der Waals surface area contributed by atoms with Crippen molar-refractivity contribution in [3.05, 3.63) is 23.8 Å². The molecular weight excluding hydrogens is 152 g/mol. The molecule has 0 radical (unpaired) electrons. The lowest BCUT2D eigenvalue weighted by molar-refractivity contribution is 1.10. The number of hydrogen-bond donors (Lipinski definition) is 1. The highest BCUT2D eigenvalue weighted by Gasteiger charge is 2.03. The predicted molar refractivity (Wildman–Crippen MR) is 43.3 cm³/mol. The molecule has 12 heavy (non-hydrogen) atoms. The van der Waals surface area contributed by atoms with Gasteiger partial charge in [-0.1, -0.05) is 0 Å². The van der Waals surface area contributed by atoms with E-state index < -0.39 is 0 Å². The van der Waals surface area contributed by atoms with E-state index in [1.54, 1.807) is 6.20 Å². The molecule has 0 atom stereocenters. The highest BCUT2D eigenvalue weighted by atomic mass is 14.9. The van der Waals surface area contributed by atoms with Crippen molar-refractivity contribution in [1.29, 1.82) is 5.26 Å². The minimum atomic E-state index is 0.211. The number of aromatic nitrogens is 3. The second kappa shape index (κ2) is 2.31. The Morgan fingerprint density at radius 2 is 2.33 bits per heavy atom. The molecule has 2 aromatic heterocycles. The van der Waals surface area contributed by atoms with E-state index in [0.717, 1.165) is 16.7 Å². The maximum Gasteiger partial charge on any atom is 0.234 e. The number of H-pyrrole nitrogens is 1. The first-order valence-electron chi connectivity index (χ1n) is 3.53. The summed E-state index contributed by atoms with van der Waals surface area (Å²) < 4.78 is 0. The monoisotopic (exact) mass is 158 g/mol. The third-order valence-corrected chi connectivity index (χ3v) is 1.71. The summed E-state index contributed by atoms with van der Waals surface area (Å²) in [5, 5.41) is 9.54. The molecule has 2 rings (SSSR count). The summed E-state index contributed by atoms with van der Waals surface area (Å²) in [5.74, 6) is 0.211. The Hall–Kier alpha value is -1.89. The zero-order valence-electron chi connectivity index (χ0n) is 6.50. The second-order valence-electron chi connectivity index (χ2n) is 2.48. The number of nitriles is 1. The highest BCUT2D eigenvalue weighted by molar-refractivity contribution is 5.77. The number of aryl methyl sites for hydroxylation is 1. The van der Waals surface area contributed by atoms with Crippen LogP contribution in [0.2, 0.25) is 0 Å². The highest BCUT2D eigenvalue weighted by Crippen LogP contribution is 2.12. The molecule has 2 aromatic rings. The van der Waals surface area contributed by atoms with Gasteiger partial charge in [0.1, 0.15) is 11.7 Å². The van der Waals surface area contributed by atoms with Crippen LogP contribution in [-0.2, 0) is 0 Å². The zero-order valence-corrected chi connectivity index (χ0v) is 6.50. The van der Waals surface area contributed by atoms with Crippen LogP contribution >= 0.6 is 0 Å². The Labute approximate surface area is 68.9 Å². The number of nitrogens with zero attached hydrogens (tertiary/aromatic N) is 3. The summed E-state index contributed by atoms with van der Waals surface area (Å²) in [5.41, 5.74) is 1.55. The lowest BCUT2D eigenvalue weighted by atomic mass is 10.3. The minimum Gasteiger partial charge on any atom is -0.346 e. The van der Waals surface area contributed by atoms with E-state index >= 15 is 0 Å². The van der Waals surface area contributed by atoms with E-state index in [1.165, 1.54) is 0 Å². The molecule has 0 aliphatic carbocycles. The van der Waals surface area contributed by atoms with E-state index in [9.17, 15) is 0 Å². The van der Waals surface area contributed by atoms with Gasteiger partial charge >= 0.3 is 0 Å². The first kappa shape index (κ1) is 6.80. The number of fused-ring (bicyclic) bond motifs is 1. The molecule has 58 valence electrons. The Kier molecular flexibility index (Phi) is 1.31. The van der Waals surface area contributed by atoms with Crippen LogP contribution in [0.25, 0.3) is 11.0 Å². The Balaban J connectivity index is 2.86. The molecular formula is C8H6N4. The molecule has 0 saturated carbocycles. The third kappa shape index (κ3) is 0.839. The summed E-state index contributed by atoms with van der Waals surface area (Å²) in [6, 6.07) is 3.80. The molecule has 0 aromatic carbocycles. The van der Waals surface area contributed by atoms with Gasteiger partial charge in [0.2, 0.25) is 5.82 Å². The molecule has 4 heteroatoms. The number of nitrogens with one attached hydrogen (secondary N) is 1. The topological polar surface area (TPSA) is 65.4 Å². The average molecular weight is 158 g/mol. The standard InChI is InChI=1S/C8H6N4/c1-5-6-2-3-10-8(6)12-7(4-9)11-5/h2-3H,1H3,(H,10,11,12). The van der Waals surface area contributed by atoms with Crippen LogP contribution in [-0.4, -0.2) is 15.0 Å². The van der Waals surface area contributed by atoms with Gasteiger partial charge in [0.25, 0.3) is 0 Å². The first-order valence-corrected chi connectivity index (χ1v) is 3.53. The van der Waals surface area contributed by atoms with Crippen LogP contribution in [0.15, 0.2) is 12.3 Å². The summed E-state index contributed by atoms with van der Waals surface area (Å²) in [6.07, 6.45) is 1.79. The fourth-order valence-corrected chi connectivity index (χ4v) is 1.15. The third-order valence-electron chi connectivity index (χ3n) is 1.71. The molecule has 0 amide bonds. The molecule has 0 saturated heterocycles. The zero-order chi connectivity index (χ0) is 8.55. The summed E-state index contributed by atoms with van der Waals surface area (Å²) in [6.45, 7) is 1.86. The van der Waals surface area contributed by atoms with E-state index in [4.69, 9.17) is 5.26 Å². The fraction of sp³-hybridized carbons (Fsp3) is 0.125. The van der Waals surface area contributed by atoms with E-state index in [-0.39, 0.29) is 5.82 Å².